The minimum Gasteiger partial charge on any atom is -0.355 e. The number of carbonyl (C=O) groups is 2. The molecule has 0 saturated carbocycles. The molecule has 140 valence electrons. The van der Waals surface area contributed by atoms with Gasteiger partial charge in [0.25, 0.3) is 0 Å². The molecule has 27 heavy (non-hydrogen) atoms. The summed E-state index contributed by atoms with van der Waals surface area (Å²) in [5, 5.41) is 5.51. The molecule has 0 aliphatic rings. The van der Waals surface area contributed by atoms with Gasteiger partial charge in [0.2, 0.25) is 0 Å². The third-order valence-corrected chi connectivity index (χ3v) is 5.74. The van der Waals surface area contributed by atoms with Gasteiger partial charge < -0.3 is 4.98 Å². The first kappa shape index (κ1) is 19.3. The van der Waals surface area contributed by atoms with Crippen LogP contribution < -0.4 is 5.32 Å². The second-order valence-corrected chi connectivity index (χ2v) is 7.77. The molecule has 0 bridgehead atoms. The van der Waals surface area contributed by atoms with Gasteiger partial charge in [-0.3, -0.25) is 14.9 Å². The van der Waals surface area contributed by atoms with Crippen LogP contribution in [0.15, 0.2) is 47.8 Å². The topological polar surface area (TPSA) is 62.0 Å². The standard InChI is InChI=1S/C22H24N2O2S/c1-13-19(16(4)25)14(2)23-20(13)22(26)15(3)24-21(18-11-8-12-27-18)17-9-6-5-7-10-17/h5-12,15,21,23-24H,1-4H3/t15-,21+/m1/s1. The van der Waals surface area contributed by atoms with Gasteiger partial charge in [0.15, 0.2) is 11.6 Å². The zero-order valence-corrected chi connectivity index (χ0v) is 16.8. The number of aromatic amines is 1. The van der Waals surface area contributed by atoms with Crippen LogP contribution in [0.5, 0.6) is 0 Å². The quantitative estimate of drug-likeness (QED) is 0.576. The van der Waals surface area contributed by atoms with Crippen molar-refractivity contribution in [3.8, 4) is 0 Å². The van der Waals surface area contributed by atoms with Crippen LogP contribution in [0.25, 0.3) is 0 Å². The number of benzene rings is 1. The Bertz CT molecular complexity index is 942. The van der Waals surface area contributed by atoms with Crippen molar-refractivity contribution >= 4 is 22.9 Å². The molecule has 2 aromatic heterocycles. The molecule has 3 aromatic rings. The van der Waals surface area contributed by atoms with E-state index >= 15 is 0 Å². The minimum absolute atomic E-state index is 0.0262. The monoisotopic (exact) mass is 380 g/mol. The number of carbonyl (C=O) groups excluding carboxylic acids is 2. The molecule has 0 aliphatic carbocycles. The number of Topliss-reactive ketones (excluding diaryl/α,β-unsaturated/α-hetero) is 2. The van der Waals surface area contributed by atoms with Crippen molar-refractivity contribution in [3.63, 3.8) is 0 Å². The van der Waals surface area contributed by atoms with E-state index in [1.54, 1.807) is 11.3 Å². The third kappa shape index (κ3) is 3.94. The van der Waals surface area contributed by atoms with Crippen LogP contribution in [0.2, 0.25) is 0 Å². The summed E-state index contributed by atoms with van der Waals surface area (Å²) in [6, 6.07) is 13.7. The fourth-order valence-corrected chi connectivity index (χ4v) is 4.32. The van der Waals surface area contributed by atoms with E-state index < -0.39 is 6.04 Å². The average molecular weight is 381 g/mol. The number of hydrogen-bond donors (Lipinski definition) is 2. The molecular weight excluding hydrogens is 356 g/mol. The first-order valence-corrected chi connectivity index (χ1v) is 9.86. The Labute approximate surface area is 163 Å². The van der Waals surface area contributed by atoms with Crippen LogP contribution in [0, 0.1) is 13.8 Å². The van der Waals surface area contributed by atoms with Gasteiger partial charge in [0.1, 0.15) is 0 Å². The summed E-state index contributed by atoms with van der Waals surface area (Å²) in [7, 11) is 0. The predicted octanol–water partition coefficient (Wildman–Crippen LogP) is 4.85. The smallest absolute Gasteiger partial charge is 0.195 e. The summed E-state index contributed by atoms with van der Waals surface area (Å²) >= 11 is 1.66. The third-order valence-electron chi connectivity index (χ3n) is 4.81. The molecule has 0 fully saturated rings. The van der Waals surface area contributed by atoms with Crippen molar-refractivity contribution in [2.75, 3.05) is 0 Å². The Kier molecular flexibility index (Phi) is 5.73. The molecule has 1 aromatic carbocycles. The van der Waals surface area contributed by atoms with E-state index in [2.05, 4.69) is 28.5 Å². The van der Waals surface area contributed by atoms with Crippen LogP contribution in [0.1, 0.15) is 62.4 Å². The van der Waals surface area contributed by atoms with Crippen molar-refractivity contribution in [2.45, 2.75) is 39.8 Å². The largest absolute Gasteiger partial charge is 0.355 e. The van der Waals surface area contributed by atoms with Gasteiger partial charge in [0.05, 0.1) is 17.8 Å². The highest BCUT2D eigenvalue weighted by Crippen LogP contribution is 2.27. The lowest BCUT2D eigenvalue weighted by Gasteiger charge is -2.22. The van der Waals surface area contributed by atoms with Gasteiger partial charge in [-0.1, -0.05) is 36.4 Å². The van der Waals surface area contributed by atoms with Gasteiger partial charge in [-0.05, 0) is 50.3 Å². The molecular formula is C22H24N2O2S. The van der Waals surface area contributed by atoms with E-state index in [0.717, 1.165) is 21.7 Å². The summed E-state index contributed by atoms with van der Waals surface area (Å²) in [5.74, 6) is -0.0674. The fourth-order valence-electron chi connectivity index (χ4n) is 3.51. The second kappa shape index (κ2) is 8.03. The molecule has 0 spiro atoms. The Hall–Kier alpha value is -2.50. The van der Waals surface area contributed by atoms with Crippen molar-refractivity contribution in [3.05, 3.63) is 80.8 Å². The number of thiophene rings is 1. The summed E-state index contributed by atoms with van der Waals surface area (Å²) in [4.78, 5) is 29.2. The molecule has 0 radical (unpaired) electrons. The summed E-state index contributed by atoms with van der Waals surface area (Å²) in [5.41, 5.74) is 3.71. The molecule has 2 heterocycles. The summed E-state index contributed by atoms with van der Waals surface area (Å²) < 4.78 is 0. The van der Waals surface area contributed by atoms with E-state index in [0.29, 0.717) is 11.3 Å². The lowest BCUT2D eigenvalue weighted by molar-refractivity contribution is 0.0942. The Morgan fingerprint density at radius 2 is 1.78 bits per heavy atom. The van der Waals surface area contributed by atoms with Gasteiger partial charge in [-0.25, -0.2) is 0 Å². The lowest BCUT2D eigenvalue weighted by atomic mass is 10.0. The Balaban J connectivity index is 1.88. The number of nitrogens with one attached hydrogen (secondary N) is 2. The van der Waals surface area contributed by atoms with Gasteiger partial charge in [-0.15, -0.1) is 11.3 Å². The summed E-state index contributed by atoms with van der Waals surface area (Å²) in [6.07, 6.45) is 0. The second-order valence-electron chi connectivity index (χ2n) is 6.79. The number of aromatic nitrogens is 1. The SMILES string of the molecule is CC(=O)c1c(C)[nH]c(C(=O)[C@@H](C)N[C@@H](c2ccccc2)c2cccs2)c1C. The highest BCUT2D eigenvalue weighted by atomic mass is 32.1. The molecule has 2 N–H and O–H groups in total. The van der Waals surface area contributed by atoms with Crippen LogP contribution in [-0.2, 0) is 0 Å². The normalized spacial score (nSPS) is 13.3. The Morgan fingerprint density at radius 1 is 1.07 bits per heavy atom. The van der Waals surface area contributed by atoms with Gasteiger partial charge >= 0.3 is 0 Å². The van der Waals surface area contributed by atoms with E-state index in [9.17, 15) is 9.59 Å². The maximum atomic E-state index is 13.1. The number of hydrogen-bond acceptors (Lipinski definition) is 4. The fraction of sp³-hybridized carbons (Fsp3) is 0.273. The molecule has 0 aliphatic heterocycles. The van der Waals surface area contributed by atoms with Crippen LogP contribution in [0.4, 0.5) is 0 Å². The maximum Gasteiger partial charge on any atom is 0.195 e. The Morgan fingerprint density at radius 3 is 2.33 bits per heavy atom. The van der Waals surface area contributed by atoms with Gasteiger partial charge in [-0.2, -0.15) is 0 Å². The molecule has 0 amide bonds. The molecule has 4 nitrogen and oxygen atoms in total. The summed E-state index contributed by atoms with van der Waals surface area (Å²) in [6.45, 7) is 7.06. The van der Waals surface area contributed by atoms with Crippen LogP contribution in [0.3, 0.4) is 0 Å². The van der Waals surface area contributed by atoms with Crippen molar-refractivity contribution < 1.29 is 9.59 Å². The molecule has 0 saturated heterocycles. The average Bonchev–Trinajstić information content (AvgIpc) is 3.27. The first-order valence-electron chi connectivity index (χ1n) is 8.98. The van der Waals surface area contributed by atoms with E-state index in [1.165, 1.54) is 6.92 Å². The number of rotatable bonds is 7. The van der Waals surface area contributed by atoms with Gasteiger partial charge in [0, 0.05) is 16.1 Å². The zero-order valence-electron chi connectivity index (χ0n) is 16.0. The lowest BCUT2D eigenvalue weighted by Crippen LogP contribution is -2.37. The van der Waals surface area contributed by atoms with Crippen LogP contribution in [-0.4, -0.2) is 22.6 Å². The maximum absolute atomic E-state index is 13.1. The highest BCUT2D eigenvalue weighted by molar-refractivity contribution is 7.10. The number of aryl methyl sites for hydroxylation is 1. The number of ketones is 2. The highest BCUT2D eigenvalue weighted by Gasteiger charge is 2.26. The zero-order chi connectivity index (χ0) is 19.6. The molecule has 2 atom stereocenters. The van der Waals surface area contributed by atoms with Crippen LogP contribution >= 0.6 is 11.3 Å². The van der Waals surface area contributed by atoms with E-state index in [4.69, 9.17) is 0 Å². The minimum atomic E-state index is -0.408. The number of H-pyrrole nitrogens is 1. The van der Waals surface area contributed by atoms with E-state index in [1.807, 2.05) is 50.4 Å². The van der Waals surface area contributed by atoms with E-state index in [-0.39, 0.29) is 17.6 Å². The first-order chi connectivity index (χ1) is 12.9. The predicted molar refractivity (Wildman–Crippen MR) is 110 cm³/mol. The van der Waals surface area contributed by atoms with Crippen molar-refractivity contribution in [1.29, 1.82) is 0 Å². The molecule has 5 heteroatoms. The molecule has 0 unspecified atom stereocenters. The van der Waals surface area contributed by atoms with Crippen molar-refractivity contribution in [2.24, 2.45) is 0 Å². The molecule has 3 rings (SSSR count). The van der Waals surface area contributed by atoms with Crippen molar-refractivity contribution in [1.82, 2.24) is 10.3 Å².